The van der Waals surface area contributed by atoms with Crippen molar-refractivity contribution in [2.45, 2.75) is 12.8 Å². The van der Waals surface area contributed by atoms with Crippen LogP contribution in [0.15, 0.2) is 58.4 Å². The normalized spacial score (nSPS) is 12.9. The van der Waals surface area contributed by atoms with Crippen LogP contribution in [0.2, 0.25) is 0 Å². The number of carbonyl (C=O) groups excluding carboxylic acids is 3. The van der Waals surface area contributed by atoms with Crippen LogP contribution >= 0.6 is 27.3 Å². The summed E-state index contributed by atoms with van der Waals surface area (Å²) in [7, 11) is 0. The molecule has 0 fully saturated rings. The van der Waals surface area contributed by atoms with Crippen molar-refractivity contribution in [3.05, 3.63) is 69.5 Å². The lowest BCUT2D eigenvalue weighted by Gasteiger charge is -2.13. The molecule has 3 aromatic rings. The van der Waals surface area contributed by atoms with E-state index in [0.717, 1.165) is 15.7 Å². The van der Waals surface area contributed by atoms with Gasteiger partial charge in [0, 0.05) is 28.4 Å². The van der Waals surface area contributed by atoms with E-state index in [1.165, 1.54) is 16.2 Å². The molecule has 1 aromatic heterocycles. The third-order valence-electron chi connectivity index (χ3n) is 4.55. The first-order valence-electron chi connectivity index (χ1n) is 8.99. The molecule has 0 aliphatic carbocycles. The molecule has 29 heavy (non-hydrogen) atoms. The van der Waals surface area contributed by atoms with Crippen LogP contribution in [0.3, 0.4) is 0 Å². The van der Waals surface area contributed by atoms with Gasteiger partial charge < -0.3 is 5.32 Å². The van der Waals surface area contributed by atoms with Crippen LogP contribution in [0, 0.1) is 0 Å². The Balaban J connectivity index is 1.30. The molecule has 0 saturated carbocycles. The van der Waals surface area contributed by atoms with Gasteiger partial charge in [-0.2, -0.15) is 0 Å². The number of rotatable bonds is 6. The van der Waals surface area contributed by atoms with E-state index < -0.39 is 0 Å². The van der Waals surface area contributed by atoms with Crippen molar-refractivity contribution < 1.29 is 14.4 Å². The molecule has 3 amide bonds. The summed E-state index contributed by atoms with van der Waals surface area (Å²) in [6.45, 7) is 0.210. The van der Waals surface area contributed by atoms with Gasteiger partial charge >= 0.3 is 0 Å². The molecule has 1 aliphatic rings. The van der Waals surface area contributed by atoms with Crippen LogP contribution in [-0.4, -0.2) is 34.2 Å². The molecule has 1 N–H and O–H groups in total. The van der Waals surface area contributed by atoms with Gasteiger partial charge in [-0.3, -0.25) is 19.3 Å². The van der Waals surface area contributed by atoms with E-state index in [0.29, 0.717) is 22.7 Å². The molecule has 2 heterocycles. The minimum absolute atomic E-state index is 0.195. The van der Waals surface area contributed by atoms with Crippen LogP contribution in [0.25, 0.3) is 11.3 Å². The summed E-state index contributed by atoms with van der Waals surface area (Å²) in [4.78, 5) is 42.5. The van der Waals surface area contributed by atoms with Crippen molar-refractivity contribution >= 4 is 50.1 Å². The quantitative estimate of drug-likeness (QED) is 0.535. The first-order valence-corrected chi connectivity index (χ1v) is 10.7. The first kappa shape index (κ1) is 19.5. The van der Waals surface area contributed by atoms with E-state index in [9.17, 15) is 14.4 Å². The SMILES string of the molecule is O=C(CCCN1C(=O)c2ccccc2C1=O)Nc1nc(-c2ccc(Br)cc2)cs1. The van der Waals surface area contributed by atoms with Crippen LogP contribution < -0.4 is 5.32 Å². The molecule has 0 spiro atoms. The number of halogens is 1. The monoisotopic (exact) mass is 469 g/mol. The summed E-state index contributed by atoms with van der Waals surface area (Å²) in [5.74, 6) is -0.798. The number of anilines is 1. The Kier molecular flexibility index (Phi) is 5.55. The van der Waals surface area contributed by atoms with Crippen molar-refractivity contribution in [1.82, 2.24) is 9.88 Å². The first-order chi connectivity index (χ1) is 14.0. The molecule has 146 valence electrons. The highest BCUT2D eigenvalue weighted by Gasteiger charge is 2.34. The molecule has 2 aromatic carbocycles. The second-order valence-corrected chi connectivity index (χ2v) is 8.28. The Hall–Kier alpha value is -2.84. The number of imide groups is 1. The maximum Gasteiger partial charge on any atom is 0.261 e. The van der Waals surface area contributed by atoms with Crippen molar-refractivity contribution in [2.24, 2.45) is 0 Å². The fraction of sp³-hybridized carbons (Fsp3) is 0.143. The summed E-state index contributed by atoms with van der Waals surface area (Å²) in [5.41, 5.74) is 2.61. The van der Waals surface area contributed by atoms with Gasteiger partial charge in [0.15, 0.2) is 5.13 Å². The zero-order valence-electron chi connectivity index (χ0n) is 15.2. The number of nitrogens with one attached hydrogen (secondary N) is 1. The van der Waals surface area contributed by atoms with E-state index >= 15 is 0 Å². The van der Waals surface area contributed by atoms with Gasteiger partial charge in [-0.25, -0.2) is 4.98 Å². The molecule has 1 aliphatic heterocycles. The Morgan fingerprint density at radius 1 is 1.03 bits per heavy atom. The van der Waals surface area contributed by atoms with Gasteiger partial charge in [-0.1, -0.05) is 40.2 Å². The highest BCUT2D eigenvalue weighted by atomic mass is 79.9. The molecule has 6 nitrogen and oxygen atoms in total. The molecule has 0 atom stereocenters. The third-order valence-corrected chi connectivity index (χ3v) is 5.84. The van der Waals surface area contributed by atoms with Gasteiger partial charge in [-0.15, -0.1) is 11.3 Å². The second kappa shape index (κ2) is 8.26. The van der Waals surface area contributed by atoms with E-state index in [1.54, 1.807) is 24.3 Å². The van der Waals surface area contributed by atoms with Crippen LogP contribution in [0.1, 0.15) is 33.6 Å². The van der Waals surface area contributed by atoms with E-state index in [2.05, 4.69) is 26.2 Å². The largest absolute Gasteiger partial charge is 0.302 e. The van der Waals surface area contributed by atoms with Crippen molar-refractivity contribution in [2.75, 3.05) is 11.9 Å². The van der Waals surface area contributed by atoms with Crippen molar-refractivity contribution in [3.8, 4) is 11.3 Å². The molecule has 0 radical (unpaired) electrons. The minimum atomic E-state index is -0.301. The predicted molar refractivity (Wildman–Crippen MR) is 115 cm³/mol. The van der Waals surface area contributed by atoms with E-state index in [-0.39, 0.29) is 30.7 Å². The van der Waals surface area contributed by atoms with Crippen molar-refractivity contribution in [1.29, 1.82) is 0 Å². The summed E-state index contributed by atoms with van der Waals surface area (Å²) < 4.78 is 0.989. The van der Waals surface area contributed by atoms with Gasteiger partial charge in [0.2, 0.25) is 5.91 Å². The van der Waals surface area contributed by atoms with E-state index in [1.807, 2.05) is 29.6 Å². The average Bonchev–Trinajstić information content (AvgIpc) is 3.27. The molecule has 8 heteroatoms. The smallest absolute Gasteiger partial charge is 0.261 e. The second-order valence-electron chi connectivity index (χ2n) is 6.50. The summed E-state index contributed by atoms with van der Waals surface area (Å²) in [6, 6.07) is 14.5. The van der Waals surface area contributed by atoms with Gasteiger partial charge in [0.05, 0.1) is 16.8 Å². The highest BCUT2D eigenvalue weighted by Crippen LogP contribution is 2.26. The Morgan fingerprint density at radius 2 is 1.69 bits per heavy atom. The standard InChI is InChI=1S/C21H16BrN3O3S/c22-14-9-7-13(8-10-14)17-12-29-21(23-17)24-18(26)6-3-11-25-19(27)15-4-1-2-5-16(15)20(25)28/h1-2,4-5,7-10,12H,3,6,11H2,(H,23,24,26). The zero-order valence-corrected chi connectivity index (χ0v) is 17.6. The number of aromatic nitrogens is 1. The van der Waals surface area contributed by atoms with E-state index in [4.69, 9.17) is 0 Å². The maximum absolute atomic E-state index is 12.3. The van der Waals surface area contributed by atoms with Crippen LogP contribution in [0.4, 0.5) is 5.13 Å². The lowest BCUT2D eigenvalue weighted by molar-refractivity contribution is -0.116. The summed E-state index contributed by atoms with van der Waals surface area (Å²) in [6.07, 6.45) is 0.586. The fourth-order valence-corrected chi connectivity index (χ4v) is 4.11. The zero-order chi connectivity index (χ0) is 20.4. The number of fused-ring (bicyclic) bond motifs is 1. The Morgan fingerprint density at radius 3 is 2.34 bits per heavy atom. The van der Waals surface area contributed by atoms with Gasteiger partial charge in [-0.05, 0) is 30.7 Å². The number of benzene rings is 2. The number of thiazole rings is 1. The lowest BCUT2D eigenvalue weighted by atomic mass is 10.1. The topological polar surface area (TPSA) is 79.4 Å². The fourth-order valence-electron chi connectivity index (χ4n) is 3.11. The third kappa shape index (κ3) is 4.13. The van der Waals surface area contributed by atoms with Gasteiger partial charge in [0.1, 0.15) is 0 Å². The van der Waals surface area contributed by atoms with Crippen LogP contribution in [0.5, 0.6) is 0 Å². The van der Waals surface area contributed by atoms with Gasteiger partial charge in [0.25, 0.3) is 11.8 Å². The molecule has 0 saturated heterocycles. The predicted octanol–water partition coefficient (Wildman–Crippen LogP) is 4.59. The van der Waals surface area contributed by atoms with Crippen LogP contribution in [-0.2, 0) is 4.79 Å². The molecule has 4 rings (SSSR count). The molecular formula is C21H16BrN3O3S. The lowest BCUT2D eigenvalue weighted by Crippen LogP contribution is -2.31. The van der Waals surface area contributed by atoms with Crippen molar-refractivity contribution in [3.63, 3.8) is 0 Å². The minimum Gasteiger partial charge on any atom is -0.302 e. The Bertz CT molecular complexity index is 1060. The Labute approximate surface area is 179 Å². The number of amides is 3. The summed E-state index contributed by atoms with van der Waals surface area (Å²) in [5, 5.41) is 5.19. The maximum atomic E-state index is 12.3. The molecule has 0 unspecified atom stereocenters. The average molecular weight is 470 g/mol. The number of hydrogen-bond acceptors (Lipinski definition) is 5. The number of hydrogen-bond donors (Lipinski definition) is 1. The molecular weight excluding hydrogens is 454 g/mol. The summed E-state index contributed by atoms with van der Waals surface area (Å²) >= 11 is 4.75. The number of carbonyl (C=O) groups is 3. The molecule has 0 bridgehead atoms. The highest BCUT2D eigenvalue weighted by molar-refractivity contribution is 9.10. The number of nitrogens with zero attached hydrogens (tertiary/aromatic N) is 2.